The quantitative estimate of drug-likeness (QED) is 0.793. The molecule has 4 heteroatoms. The van der Waals surface area contributed by atoms with Crippen LogP contribution in [0.3, 0.4) is 0 Å². The Hall–Kier alpha value is -0.610. The Morgan fingerprint density at radius 1 is 1.31 bits per heavy atom. The van der Waals surface area contributed by atoms with E-state index in [9.17, 15) is 4.79 Å². The second kappa shape index (κ2) is 8.53. The van der Waals surface area contributed by atoms with Crippen LogP contribution < -0.4 is 5.73 Å². The lowest BCUT2D eigenvalue weighted by molar-refractivity contribution is -0.115. The van der Waals surface area contributed by atoms with E-state index in [0.717, 1.165) is 38.3 Å². The number of nitrogens with two attached hydrogens (primary N) is 1. The van der Waals surface area contributed by atoms with E-state index >= 15 is 0 Å². The Morgan fingerprint density at radius 2 is 1.75 bits per heavy atom. The third-order valence-electron chi connectivity index (χ3n) is 2.48. The van der Waals surface area contributed by atoms with E-state index < -0.39 is 0 Å². The van der Waals surface area contributed by atoms with Gasteiger partial charge in [-0.2, -0.15) is 0 Å². The molecule has 4 nitrogen and oxygen atoms in total. The molecule has 16 heavy (non-hydrogen) atoms. The van der Waals surface area contributed by atoms with Crippen molar-refractivity contribution in [1.29, 1.82) is 0 Å². The molecule has 96 valence electrons. The van der Waals surface area contributed by atoms with Gasteiger partial charge in [0.1, 0.15) is 0 Å². The van der Waals surface area contributed by atoms with E-state index in [1.54, 1.807) is 0 Å². The highest BCUT2D eigenvalue weighted by atomic mass is 16.5. The zero-order valence-electron chi connectivity index (χ0n) is 11.0. The first-order valence-electron chi connectivity index (χ1n) is 6.01. The Labute approximate surface area is 99.1 Å². The number of amides is 1. The lowest BCUT2D eigenvalue weighted by atomic mass is 10.0. The number of carbonyl (C=O) groups excluding carboxylic acids is 1. The fraction of sp³-hybridized carbons (Fsp3) is 0.917. The van der Waals surface area contributed by atoms with Crippen molar-refractivity contribution in [3.8, 4) is 0 Å². The number of nitrogens with zero attached hydrogens (tertiary/aromatic N) is 1. The predicted molar refractivity (Wildman–Crippen MR) is 66.2 cm³/mol. The molecule has 2 N–H and O–H groups in total. The van der Waals surface area contributed by atoms with Crippen LogP contribution in [0.1, 0.15) is 34.1 Å². The molecule has 0 bridgehead atoms. The molecule has 0 aromatic carbocycles. The summed E-state index contributed by atoms with van der Waals surface area (Å²) in [6.45, 7) is 12.3. The van der Waals surface area contributed by atoms with Gasteiger partial charge in [-0.15, -0.1) is 0 Å². The van der Waals surface area contributed by atoms with Crippen LogP contribution in [0.2, 0.25) is 0 Å². The minimum absolute atomic E-state index is 0.333. The zero-order chi connectivity index (χ0) is 12.6. The highest BCUT2D eigenvalue weighted by molar-refractivity contribution is 5.70. The second-order valence-electron chi connectivity index (χ2n) is 4.74. The van der Waals surface area contributed by atoms with Gasteiger partial charge in [0.25, 0.3) is 0 Å². The molecule has 0 radical (unpaired) electrons. The van der Waals surface area contributed by atoms with E-state index in [0.29, 0.717) is 0 Å². The van der Waals surface area contributed by atoms with Gasteiger partial charge in [-0.25, -0.2) is 0 Å². The average molecular weight is 230 g/mol. The summed E-state index contributed by atoms with van der Waals surface area (Å²) >= 11 is 0. The standard InChI is InChI=1S/C10H21NO.C2H5NO/c1-9(2)8-10(3)11-4-6-12-7-5-11;1-2(3)4/h9-10H,4-8H2,1-3H3;1H3,(H2,3,4). The third kappa shape index (κ3) is 8.68. The first-order valence-corrected chi connectivity index (χ1v) is 6.01. The van der Waals surface area contributed by atoms with Crippen molar-refractivity contribution >= 4 is 5.91 Å². The number of ether oxygens (including phenoxy) is 1. The summed E-state index contributed by atoms with van der Waals surface area (Å²) in [5.74, 6) is 0.475. The summed E-state index contributed by atoms with van der Waals surface area (Å²) in [6, 6.07) is 0.730. The van der Waals surface area contributed by atoms with Crippen molar-refractivity contribution < 1.29 is 9.53 Å². The van der Waals surface area contributed by atoms with E-state index in [4.69, 9.17) is 4.74 Å². The molecule has 0 aromatic heterocycles. The van der Waals surface area contributed by atoms with E-state index in [1.807, 2.05) is 0 Å². The maximum absolute atomic E-state index is 9.22. The largest absolute Gasteiger partial charge is 0.379 e. The Morgan fingerprint density at radius 3 is 2.12 bits per heavy atom. The molecule has 1 aliphatic rings. The van der Waals surface area contributed by atoms with Gasteiger partial charge in [0.2, 0.25) is 5.91 Å². The normalized spacial score (nSPS) is 18.8. The van der Waals surface area contributed by atoms with Crippen LogP contribution in [0.15, 0.2) is 0 Å². The minimum atomic E-state index is -0.333. The van der Waals surface area contributed by atoms with Gasteiger partial charge >= 0.3 is 0 Å². The summed E-state index contributed by atoms with van der Waals surface area (Å²) in [7, 11) is 0. The summed E-state index contributed by atoms with van der Waals surface area (Å²) < 4.78 is 5.31. The molecule has 1 saturated heterocycles. The SMILES string of the molecule is CC(C)CC(C)N1CCOCC1.CC(N)=O. The summed E-state index contributed by atoms with van der Waals surface area (Å²) in [5.41, 5.74) is 4.47. The van der Waals surface area contributed by atoms with Crippen molar-refractivity contribution in [2.45, 2.75) is 40.2 Å². The number of primary amides is 1. The number of hydrogen-bond acceptors (Lipinski definition) is 3. The Balaban J connectivity index is 0.000000487. The summed E-state index contributed by atoms with van der Waals surface area (Å²) in [5, 5.41) is 0. The van der Waals surface area contributed by atoms with Crippen LogP contribution in [-0.2, 0) is 9.53 Å². The Kier molecular flexibility index (Phi) is 8.21. The topological polar surface area (TPSA) is 55.6 Å². The maximum atomic E-state index is 9.22. The molecular formula is C12H26N2O2. The molecule has 0 saturated carbocycles. The predicted octanol–water partition coefficient (Wildman–Crippen LogP) is 1.24. The van der Waals surface area contributed by atoms with Crippen LogP contribution in [0.5, 0.6) is 0 Å². The van der Waals surface area contributed by atoms with Crippen LogP contribution in [0, 0.1) is 5.92 Å². The molecule has 0 aromatic rings. The fourth-order valence-corrected chi connectivity index (χ4v) is 1.85. The van der Waals surface area contributed by atoms with E-state index in [1.165, 1.54) is 13.3 Å². The fourth-order valence-electron chi connectivity index (χ4n) is 1.85. The average Bonchev–Trinajstić information content (AvgIpc) is 2.17. The lowest BCUT2D eigenvalue weighted by Crippen LogP contribution is -2.42. The summed E-state index contributed by atoms with van der Waals surface area (Å²) in [6.07, 6.45) is 1.31. The molecule has 1 atom stereocenters. The van der Waals surface area contributed by atoms with E-state index in [2.05, 4.69) is 31.4 Å². The number of rotatable bonds is 3. The minimum Gasteiger partial charge on any atom is -0.379 e. The van der Waals surface area contributed by atoms with Crippen LogP contribution in [0.4, 0.5) is 0 Å². The molecule has 1 rings (SSSR count). The molecule has 1 unspecified atom stereocenters. The van der Waals surface area contributed by atoms with Crippen LogP contribution in [-0.4, -0.2) is 43.2 Å². The van der Waals surface area contributed by atoms with Crippen molar-refractivity contribution in [3.63, 3.8) is 0 Å². The van der Waals surface area contributed by atoms with Crippen LogP contribution >= 0.6 is 0 Å². The third-order valence-corrected chi connectivity index (χ3v) is 2.48. The molecule has 1 aliphatic heterocycles. The monoisotopic (exact) mass is 230 g/mol. The first kappa shape index (κ1) is 15.4. The van der Waals surface area contributed by atoms with E-state index in [-0.39, 0.29) is 5.91 Å². The van der Waals surface area contributed by atoms with Gasteiger partial charge in [-0.05, 0) is 19.3 Å². The lowest BCUT2D eigenvalue weighted by Gasteiger charge is -2.33. The van der Waals surface area contributed by atoms with Gasteiger partial charge < -0.3 is 10.5 Å². The first-order chi connectivity index (χ1) is 7.43. The van der Waals surface area contributed by atoms with Gasteiger partial charge in [0.15, 0.2) is 0 Å². The second-order valence-corrected chi connectivity index (χ2v) is 4.74. The zero-order valence-corrected chi connectivity index (χ0v) is 11.0. The maximum Gasteiger partial charge on any atom is 0.214 e. The van der Waals surface area contributed by atoms with Crippen molar-refractivity contribution in [2.24, 2.45) is 11.7 Å². The molecule has 0 aliphatic carbocycles. The highest BCUT2D eigenvalue weighted by Gasteiger charge is 2.17. The number of morpholine rings is 1. The molecule has 1 fully saturated rings. The Bertz CT molecular complexity index is 185. The van der Waals surface area contributed by atoms with Gasteiger partial charge in [-0.3, -0.25) is 9.69 Å². The van der Waals surface area contributed by atoms with Gasteiger partial charge in [-0.1, -0.05) is 13.8 Å². The van der Waals surface area contributed by atoms with Crippen molar-refractivity contribution in [3.05, 3.63) is 0 Å². The molecule has 1 heterocycles. The van der Waals surface area contributed by atoms with Crippen molar-refractivity contribution in [2.75, 3.05) is 26.3 Å². The van der Waals surface area contributed by atoms with Crippen molar-refractivity contribution in [1.82, 2.24) is 4.90 Å². The molecule has 0 spiro atoms. The molecular weight excluding hydrogens is 204 g/mol. The van der Waals surface area contributed by atoms with Gasteiger partial charge in [0, 0.05) is 26.1 Å². The number of carbonyl (C=O) groups is 1. The molecule has 1 amide bonds. The van der Waals surface area contributed by atoms with Crippen LogP contribution in [0.25, 0.3) is 0 Å². The summed E-state index contributed by atoms with van der Waals surface area (Å²) in [4.78, 5) is 11.8. The smallest absolute Gasteiger partial charge is 0.214 e. The van der Waals surface area contributed by atoms with Gasteiger partial charge in [0.05, 0.1) is 13.2 Å². The highest BCUT2D eigenvalue weighted by Crippen LogP contribution is 2.12. The number of hydrogen-bond donors (Lipinski definition) is 1.